The molecular formula is C23H22N2O5. The molecule has 0 saturated carbocycles. The highest BCUT2D eigenvalue weighted by molar-refractivity contribution is 5.90. The maximum absolute atomic E-state index is 11.9. The van der Waals surface area contributed by atoms with Crippen LogP contribution in [0, 0.1) is 0 Å². The van der Waals surface area contributed by atoms with Crippen LogP contribution in [-0.2, 0) is 14.3 Å². The van der Waals surface area contributed by atoms with Crippen LogP contribution in [0.5, 0.6) is 11.5 Å². The molecule has 7 heteroatoms. The first-order chi connectivity index (χ1) is 14.5. The van der Waals surface area contributed by atoms with E-state index in [-0.39, 0.29) is 12.4 Å². The van der Waals surface area contributed by atoms with E-state index in [1.165, 1.54) is 13.0 Å². The minimum absolute atomic E-state index is 0.223. The Morgan fingerprint density at radius 3 is 2.43 bits per heavy atom. The maximum atomic E-state index is 11.9. The van der Waals surface area contributed by atoms with Gasteiger partial charge in [0.15, 0.2) is 17.3 Å². The zero-order valence-electron chi connectivity index (χ0n) is 17.0. The van der Waals surface area contributed by atoms with Gasteiger partial charge in [0.1, 0.15) is 12.3 Å². The molecule has 0 fully saturated rings. The maximum Gasteiger partial charge on any atom is 0.331 e. The molecule has 3 rings (SSSR count). The molecule has 0 aliphatic rings. The number of ketones is 1. The van der Waals surface area contributed by atoms with Crippen molar-refractivity contribution < 1.29 is 23.8 Å². The van der Waals surface area contributed by atoms with Gasteiger partial charge in [0.25, 0.3) is 0 Å². The van der Waals surface area contributed by atoms with Crippen LogP contribution in [0.3, 0.4) is 0 Å². The van der Waals surface area contributed by atoms with E-state index in [0.29, 0.717) is 22.8 Å². The number of carbonyl (C=O) groups is 2. The number of hydrogen-bond acceptors (Lipinski definition) is 6. The van der Waals surface area contributed by atoms with Crippen LogP contribution in [0.1, 0.15) is 12.5 Å². The second kappa shape index (κ2) is 9.56. The summed E-state index contributed by atoms with van der Waals surface area (Å²) in [5.41, 5.74) is 3.01. The van der Waals surface area contributed by atoms with Gasteiger partial charge in [-0.15, -0.1) is 0 Å². The third-order valence-corrected chi connectivity index (χ3v) is 4.24. The molecule has 0 aliphatic carbocycles. The summed E-state index contributed by atoms with van der Waals surface area (Å²) < 4.78 is 17.3. The van der Waals surface area contributed by atoms with Crippen LogP contribution in [0.2, 0.25) is 0 Å². The predicted octanol–water partition coefficient (Wildman–Crippen LogP) is 3.70. The second-order valence-electron chi connectivity index (χ2n) is 6.43. The number of rotatable bonds is 8. The number of para-hydroxylation sites is 1. The van der Waals surface area contributed by atoms with Gasteiger partial charge in [-0.25, -0.2) is 9.48 Å². The first kappa shape index (κ1) is 20.9. The van der Waals surface area contributed by atoms with Crippen molar-refractivity contribution in [2.45, 2.75) is 6.92 Å². The lowest BCUT2D eigenvalue weighted by Crippen LogP contribution is -2.08. The van der Waals surface area contributed by atoms with Gasteiger partial charge in [-0.2, -0.15) is 5.10 Å². The highest BCUT2D eigenvalue weighted by Gasteiger charge is 2.14. The number of Topliss-reactive ketones (excluding diaryl/α,β-unsaturated/α-hetero) is 1. The van der Waals surface area contributed by atoms with Crippen molar-refractivity contribution in [1.29, 1.82) is 0 Å². The number of aromatic nitrogens is 2. The monoisotopic (exact) mass is 406 g/mol. The normalized spacial score (nSPS) is 10.8. The van der Waals surface area contributed by atoms with Gasteiger partial charge in [0.2, 0.25) is 0 Å². The topological polar surface area (TPSA) is 79.7 Å². The summed E-state index contributed by atoms with van der Waals surface area (Å²) >= 11 is 0. The van der Waals surface area contributed by atoms with E-state index in [0.717, 1.165) is 11.3 Å². The largest absolute Gasteiger partial charge is 0.493 e. The standard InChI is InChI=1S/C23H22N2O5/c1-16(26)15-30-22(27)12-10-18-14-25(19-7-5-4-6-8-19)24-23(18)17-9-11-20(28-2)21(13-17)29-3/h4-14H,15H2,1-3H3/b12-10+. The lowest BCUT2D eigenvalue weighted by atomic mass is 10.1. The molecule has 2 aromatic carbocycles. The average Bonchev–Trinajstić information content (AvgIpc) is 3.20. The van der Waals surface area contributed by atoms with E-state index in [1.54, 1.807) is 31.0 Å². The van der Waals surface area contributed by atoms with E-state index < -0.39 is 5.97 Å². The molecule has 0 saturated heterocycles. The molecule has 3 aromatic rings. The summed E-state index contributed by atoms with van der Waals surface area (Å²) in [4.78, 5) is 22.9. The Morgan fingerprint density at radius 1 is 1.03 bits per heavy atom. The van der Waals surface area contributed by atoms with Gasteiger partial charge < -0.3 is 14.2 Å². The molecule has 0 aliphatic heterocycles. The fourth-order valence-corrected chi connectivity index (χ4v) is 2.81. The SMILES string of the molecule is COc1ccc(-c2nn(-c3ccccc3)cc2/C=C/C(=O)OCC(C)=O)cc1OC. The first-order valence-corrected chi connectivity index (χ1v) is 9.23. The minimum Gasteiger partial charge on any atom is -0.493 e. The first-order valence-electron chi connectivity index (χ1n) is 9.23. The van der Waals surface area contributed by atoms with Gasteiger partial charge in [-0.1, -0.05) is 18.2 Å². The van der Waals surface area contributed by atoms with Crippen molar-refractivity contribution in [3.05, 3.63) is 66.4 Å². The summed E-state index contributed by atoms with van der Waals surface area (Å²) in [6, 6.07) is 15.1. The quantitative estimate of drug-likeness (QED) is 0.419. The van der Waals surface area contributed by atoms with Crippen LogP contribution in [0.25, 0.3) is 23.0 Å². The van der Waals surface area contributed by atoms with E-state index >= 15 is 0 Å². The number of methoxy groups -OCH3 is 2. The molecule has 0 bridgehead atoms. The molecule has 154 valence electrons. The van der Waals surface area contributed by atoms with Gasteiger partial charge >= 0.3 is 5.97 Å². The molecule has 0 N–H and O–H groups in total. The Hall–Kier alpha value is -3.87. The van der Waals surface area contributed by atoms with E-state index in [1.807, 2.05) is 48.7 Å². The molecule has 0 unspecified atom stereocenters. The Bertz CT molecular complexity index is 1070. The van der Waals surface area contributed by atoms with E-state index in [4.69, 9.17) is 19.3 Å². The second-order valence-corrected chi connectivity index (χ2v) is 6.43. The molecule has 0 radical (unpaired) electrons. The van der Waals surface area contributed by atoms with Crippen molar-refractivity contribution in [3.8, 4) is 28.4 Å². The smallest absolute Gasteiger partial charge is 0.331 e. The van der Waals surface area contributed by atoms with Crippen molar-refractivity contribution in [3.63, 3.8) is 0 Å². The van der Waals surface area contributed by atoms with Crippen molar-refractivity contribution in [2.75, 3.05) is 20.8 Å². The minimum atomic E-state index is -0.601. The average molecular weight is 406 g/mol. The predicted molar refractivity (Wildman–Crippen MR) is 113 cm³/mol. The molecule has 30 heavy (non-hydrogen) atoms. The van der Waals surface area contributed by atoms with Crippen LogP contribution in [-0.4, -0.2) is 42.4 Å². The Kier molecular flexibility index (Phi) is 6.64. The van der Waals surface area contributed by atoms with E-state index in [2.05, 4.69) is 0 Å². The zero-order valence-corrected chi connectivity index (χ0v) is 17.0. The number of esters is 1. The van der Waals surface area contributed by atoms with Crippen molar-refractivity contribution >= 4 is 17.8 Å². The molecule has 0 atom stereocenters. The van der Waals surface area contributed by atoms with Gasteiger partial charge in [0, 0.05) is 23.4 Å². The lowest BCUT2D eigenvalue weighted by Gasteiger charge is -2.09. The molecule has 1 heterocycles. The van der Waals surface area contributed by atoms with Crippen LogP contribution in [0.15, 0.2) is 60.8 Å². The van der Waals surface area contributed by atoms with E-state index in [9.17, 15) is 9.59 Å². The lowest BCUT2D eigenvalue weighted by molar-refractivity contribution is -0.142. The highest BCUT2D eigenvalue weighted by atomic mass is 16.5. The molecule has 0 spiro atoms. The summed E-state index contributed by atoms with van der Waals surface area (Å²) in [5.74, 6) is 0.351. The molecule has 1 aromatic heterocycles. The van der Waals surface area contributed by atoms with Crippen LogP contribution in [0.4, 0.5) is 0 Å². The Labute approximate surface area is 174 Å². The number of benzene rings is 2. The summed E-state index contributed by atoms with van der Waals surface area (Å²) in [5, 5.41) is 4.70. The van der Waals surface area contributed by atoms with Crippen molar-refractivity contribution in [1.82, 2.24) is 9.78 Å². The fourth-order valence-electron chi connectivity index (χ4n) is 2.81. The van der Waals surface area contributed by atoms with Crippen LogP contribution >= 0.6 is 0 Å². The summed E-state index contributed by atoms with van der Waals surface area (Å²) in [7, 11) is 3.14. The van der Waals surface area contributed by atoms with Gasteiger partial charge in [-0.3, -0.25) is 4.79 Å². The third kappa shape index (κ3) is 4.94. The third-order valence-electron chi connectivity index (χ3n) is 4.24. The summed E-state index contributed by atoms with van der Waals surface area (Å²) in [6.07, 6.45) is 4.70. The number of carbonyl (C=O) groups excluding carboxylic acids is 2. The molecule has 0 amide bonds. The van der Waals surface area contributed by atoms with Gasteiger partial charge in [0.05, 0.1) is 19.9 Å². The number of hydrogen-bond donors (Lipinski definition) is 0. The fraction of sp³-hybridized carbons (Fsp3) is 0.174. The number of ether oxygens (including phenoxy) is 3. The zero-order chi connectivity index (χ0) is 21.5. The Balaban J connectivity index is 2.01. The Morgan fingerprint density at radius 2 is 1.77 bits per heavy atom. The van der Waals surface area contributed by atoms with Gasteiger partial charge in [-0.05, 0) is 43.3 Å². The van der Waals surface area contributed by atoms with Crippen LogP contribution < -0.4 is 9.47 Å². The van der Waals surface area contributed by atoms with Crippen molar-refractivity contribution in [2.24, 2.45) is 0 Å². The molecular weight excluding hydrogens is 384 g/mol. The highest BCUT2D eigenvalue weighted by Crippen LogP contribution is 2.33. The summed E-state index contributed by atoms with van der Waals surface area (Å²) in [6.45, 7) is 1.10. The molecule has 7 nitrogen and oxygen atoms in total. The number of nitrogens with zero attached hydrogens (tertiary/aromatic N) is 2.